The summed E-state index contributed by atoms with van der Waals surface area (Å²) in [6, 6.07) is 0. The molecule has 2 aliphatic rings. The van der Waals surface area contributed by atoms with Crippen LogP contribution in [0.2, 0.25) is 0 Å². The Balaban J connectivity index is 2.05. The van der Waals surface area contributed by atoms with E-state index in [1.807, 2.05) is 6.26 Å². The molecule has 1 saturated carbocycles. The summed E-state index contributed by atoms with van der Waals surface area (Å²) in [5.74, 6) is 2.41. The van der Waals surface area contributed by atoms with Gasteiger partial charge in [-0.05, 0) is 49.1 Å². The smallest absolute Gasteiger partial charge is 0.111 e. The lowest BCUT2D eigenvalue weighted by atomic mass is 9.86. The van der Waals surface area contributed by atoms with Crippen molar-refractivity contribution in [1.29, 1.82) is 0 Å². The number of allylic oxidation sites excluding steroid dienone is 2. The van der Waals surface area contributed by atoms with Gasteiger partial charge in [0.15, 0.2) is 0 Å². The molecular weight excluding hydrogens is 196 g/mol. The molecule has 0 N–H and O–H groups in total. The van der Waals surface area contributed by atoms with Gasteiger partial charge in [0.05, 0.1) is 6.26 Å². The molecule has 0 radical (unpaired) electrons. The first-order chi connectivity index (χ1) is 7.66. The summed E-state index contributed by atoms with van der Waals surface area (Å²) in [7, 11) is 0. The van der Waals surface area contributed by atoms with Gasteiger partial charge in [0, 0.05) is 6.42 Å². The number of furan rings is 1. The molecule has 1 heteroatoms. The number of aryl methyl sites for hydroxylation is 1. The van der Waals surface area contributed by atoms with Crippen molar-refractivity contribution < 1.29 is 4.42 Å². The summed E-state index contributed by atoms with van der Waals surface area (Å²) in [6.07, 6.45) is 6.35. The van der Waals surface area contributed by atoms with Crippen LogP contribution in [0.5, 0.6) is 0 Å². The second-order valence-electron chi connectivity index (χ2n) is 5.27. The van der Waals surface area contributed by atoms with Gasteiger partial charge in [-0.3, -0.25) is 0 Å². The van der Waals surface area contributed by atoms with Crippen LogP contribution in [0.15, 0.2) is 35.0 Å². The Morgan fingerprint density at radius 2 is 2.06 bits per heavy atom. The molecule has 1 aromatic heterocycles. The molecule has 1 nitrogen and oxygen atoms in total. The Kier molecular flexibility index (Phi) is 2.10. The maximum Gasteiger partial charge on any atom is 0.111 e. The zero-order valence-corrected chi connectivity index (χ0v) is 9.88. The van der Waals surface area contributed by atoms with Crippen molar-refractivity contribution in [1.82, 2.24) is 0 Å². The predicted molar refractivity (Wildman–Crippen MR) is 65.3 cm³/mol. The van der Waals surface area contributed by atoms with E-state index in [1.165, 1.54) is 35.1 Å². The Morgan fingerprint density at radius 3 is 2.88 bits per heavy atom. The molecule has 0 saturated heterocycles. The van der Waals surface area contributed by atoms with Crippen LogP contribution in [-0.2, 0) is 12.8 Å². The number of rotatable bonds is 0. The summed E-state index contributed by atoms with van der Waals surface area (Å²) in [6.45, 7) is 10.6. The lowest BCUT2D eigenvalue weighted by molar-refractivity contribution is 0.479. The molecule has 1 fully saturated rings. The van der Waals surface area contributed by atoms with Crippen LogP contribution < -0.4 is 0 Å². The first-order valence-corrected chi connectivity index (χ1v) is 6.08. The monoisotopic (exact) mass is 214 g/mol. The first-order valence-electron chi connectivity index (χ1n) is 6.08. The van der Waals surface area contributed by atoms with E-state index in [0.717, 1.165) is 18.6 Å². The molecule has 1 aromatic rings. The van der Waals surface area contributed by atoms with Gasteiger partial charge in [-0.25, -0.2) is 0 Å². The summed E-state index contributed by atoms with van der Waals surface area (Å²) in [4.78, 5) is 0. The Bertz CT molecular complexity index is 464. The second kappa shape index (κ2) is 3.38. The molecular formula is C15H18O. The molecule has 84 valence electrons. The number of fused-ring (bicyclic) bond motifs is 2. The zero-order valence-electron chi connectivity index (χ0n) is 9.88. The minimum absolute atomic E-state index is 0.616. The van der Waals surface area contributed by atoms with E-state index in [9.17, 15) is 0 Å². The largest absolute Gasteiger partial charge is 0.468 e. The highest BCUT2D eigenvalue weighted by Crippen LogP contribution is 2.45. The minimum atomic E-state index is 0.616. The highest BCUT2D eigenvalue weighted by molar-refractivity contribution is 5.36. The number of hydrogen-bond donors (Lipinski definition) is 0. The van der Waals surface area contributed by atoms with E-state index in [-0.39, 0.29) is 0 Å². The Morgan fingerprint density at radius 1 is 1.25 bits per heavy atom. The quantitative estimate of drug-likeness (QED) is 0.598. The van der Waals surface area contributed by atoms with Gasteiger partial charge in [-0.2, -0.15) is 0 Å². The molecule has 0 amide bonds. The topological polar surface area (TPSA) is 13.1 Å². The average Bonchev–Trinajstić information content (AvgIpc) is 2.72. The third kappa shape index (κ3) is 1.31. The molecule has 2 aliphatic carbocycles. The molecule has 2 atom stereocenters. The van der Waals surface area contributed by atoms with E-state index in [0.29, 0.717) is 11.8 Å². The predicted octanol–water partition coefficient (Wildman–Crippen LogP) is 3.83. The summed E-state index contributed by atoms with van der Waals surface area (Å²) in [5.41, 5.74) is 5.47. The van der Waals surface area contributed by atoms with Gasteiger partial charge in [0.1, 0.15) is 5.76 Å². The van der Waals surface area contributed by atoms with Gasteiger partial charge in [0.25, 0.3) is 0 Å². The van der Waals surface area contributed by atoms with Crippen molar-refractivity contribution in [2.24, 2.45) is 11.8 Å². The molecule has 0 aliphatic heterocycles. The lowest BCUT2D eigenvalue weighted by Crippen LogP contribution is -2.12. The number of hydrogen-bond acceptors (Lipinski definition) is 1. The van der Waals surface area contributed by atoms with Crippen LogP contribution in [0.25, 0.3) is 0 Å². The lowest BCUT2D eigenvalue weighted by Gasteiger charge is -2.18. The van der Waals surface area contributed by atoms with Crippen LogP contribution in [0.4, 0.5) is 0 Å². The van der Waals surface area contributed by atoms with Gasteiger partial charge in [-0.15, -0.1) is 0 Å². The van der Waals surface area contributed by atoms with Gasteiger partial charge < -0.3 is 4.42 Å². The third-order valence-electron chi connectivity index (χ3n) is 4.31. The maximum absolute atomic E-state index is 5.65. The fraction of sp³-hybridized carbons (Fsp3) is 0.467. The summed E-state index contributed by atoms with van der Waals surface area (Å²) >= 11 is 0. The Labute approximate surface area is 96.8 Å². The van der Waals surface area contributed by atoms with Crippen molar-refractivity contribution in [2.75, 3.05) is 0 Å². The molecule has 0 aromatic carbocycles. The minimum Gasteiger partial charge on any atom is -0.468 e. The summed E-state index contributed by atoms with van der Waals surface area (Å²) < 4.78 is 5.65. The molecule has 0 spiro atoms. The highest BCUT2D eigenvalue weighted by Gasteiger charge is 2.36. The Hall–Kier alpha value is -1.24. The van der Waals surface area contributed by atoms with E-state index < -0.39 is 0 Å². The van der Waals surface area contributed by atoms with Crippen LogP contribution in [0, 0.1) is 18.8 Å². The second-order valence-corrected chi connectivity index (χ2v) is 5.27. The fourth-order valence-electron chi connectivity index (χ4n) is 3.29. The van der Waals surface area contributed by atoms with Gasteiger partial charge in [0.2, 0.25) is 0 Å². The van der Waals surface area contributed by atoms with Crippen LogP contribution in [-0.4, -0.2) is 0 Å². The molecule has 3 rings (SSSR count). The van der Waals surface area contributed by atoms with Crippen LogP contribution >= 0.6 is 0 Å². The highest BCUT2D eigenvalue weighted by atomic mass is 16.3. The van der Waals surface area contributed by atoms with Crippen molar-refractivity contribution >= 4 is 0 Å². The van der Waals surface area contributed by atoms with Crippen molar-refractivity contribution in [3.8, 4) is 0 Å². The molecule has 0 unspecified atom stereocenters. The van der Waals surface area contributed by atoms with Crippen molar-refractivity contribution in [2.45, 2.75) is 32.6 Å². The van der Waals surface area contributed by atoms with Crippen molar-refractivity contribution in [3.63, 3.8) is 0 Å². The molecule has 0 bridgehead atoms. The molecule has 1 heterocycles. The first kappa shape index (κ1) is 9.95. The SMILES string of the molecule is C=C1Cc2occ(C)c2C[C@@H]2C(=C)CC[C@H]12. The zero-order chi connectivity index (χ0) is 11.3. The third-order valence-corrected chi connectivity index (χ3v) is 4.31. The average molecular weight is 214 g/mol. The van der Waals surface area contributed by atoms with Crippen LogP contribution in [0.3, 0.4) is 0 Å². The fourth-order valence-corrected chi connectivity index (χ4v) is 3.29. The van der Waals surface area contributed by atoms with Crippen molar-refractivity contribution in [3.05, 3.63) is 47.5 Å². The molecule has 16 heavy (non-hydrogen) atoms. The van der Waals surface area contributed by atoms with Gasteiger partial charge >= 0.3 is 0 Å². The van der Waals surface area contributed by atoms with Crippen LogP contribution in [0.1, 0.15) is 29.7 Å². The van der Waals surface area contributed by atoms with E-state index >= 15 is 0 Å². The van der Waals surface area contributed by atoms with Gasteiger partial charge in [-0.1, -0.05) is 24.3 Å². The summed E-state index contributed by atoms with van der Waals surface area (Å²) in [5, 5.41) is 0. The normalized spacial score (nSPS) is 28.8. The van der Waals surface area contributed by atoms with E-state index in [1.54, 1.807) is 0 Å². The standard InChI is InChI=1S/C15H18O/c1-9-4-5-12-10(2)6-15-14(7-13(9)12)11(3)8-16-15/h8,12-13H,1-2,4-7H2,3H3/t12-,13-/m1/s1. The van der Waals surface area contributed by atoms with E-state index in [2.05, 4.69) is 20.1 Å². The van der Waals surface area contributed by atoms with E-state index in [4.69, 9.17) is 4.42 Å². The maximum atomic E-state index is 5.65.